The van der Waals surface area contributed by atoms with Gasteiger partial charge in [-0.2, -0.15) is 0 Å². The van der Waals surface area contributed by atoms with Gasteiger partial charge in [-0.05, 0) is 23.3 Å². The van der Waals surface area contributed by atoms with Crippen molar-refractivity contribution in [1.29, 1.82) is 0 Å². The number of methoxy groups -OCH3 is 3. The average Bonchev–Trinajstić information content (AvgIpc) is 2.72. The van der Waals surface area contributed by atoms with Gasteiger partial charge in [0.05, 0.1) is 32.2 Å². The molecule has 2 aromatic carbocycles. The highest BCUT2D eigenvalue weighted by Gasteiger charge is 2.32. The van der Waals surface area contributed by atoms with Crippen molar-refractivity contribution in [3.63, 3.8) is 0 Å². The van der Waals surface area contributed by atoms with Crippen molar-refractivity contribution in [2.24, 2.45) is 0 Å². The number of hydrogen-bond donors (Lipinski definition) is 0. The third-order valence-corrected chi connectivity index (χ3v) is 4.51. The minimum absolute atomic E-state index is 0.0479. The predicted molar refractivity (Wildman–Crippen MR) is 101 cm³/mol. The van der Waals surface area contributed by atoms with E-state index >= 15 is 0 Å². The molecule has 0 radical (unpaired) electrons. The van der Waals surface area contributed by atoms with E-state index in [9.17, 15) is 19.7 Å². The predicted octanol–water partition coefficient (Wildman–Crippen LogP) is 3.24. The molecule has 0 saturated carbocycles. The molecule has 0 aliphatic carbocycles. The van der Waals surface area contributed by atoms with Crippen LogP contribution in [0.4, 0.5) is 5.69 Å². The Morgan fingerprint density at radius 1 is 1.04 bits per heavy atom. The maximum atomic E-state index is 12.6. The summed E-state index contributed by atoms with van der Waals surface area (Å²) in [6, 6.07) is 10.8. The van der Waals surface area contributed by atoms with Crippen LogP contribution in [0, 0.1) is 10.1 Å². The van der Waals surface area contributed by atoms with Crippen molar-refractivity contribution in [2.45, 2.75) is 18.3 Å². The smallest absolute Gasteiger partial charge is 0.313 e. The van der Waals surface area contributed by atoms with E-state index in [1.807, 2.05) is 0 Å². The molecule has 0 unspecified atom stereocenters. The molecule has 28 heavy (non-hydrogen) atoms. The molecule has 0 spiro atoms. The Labute approximate surface area is 162 Å². The fourth-order valence-electron chi connectivity index (χ4n) is 3.11. The molecule has 0 amide bonds. The van der Waals surface area contributed by atoms with Crippen LogP contribution in [-0.4, -0.2) is 38.5 Å². The summed E-state index contributed by atoms with van der Waals surface area (Å²) in [5.74, 6) is -0.944. The molecule has 2 aromatic rings. The zero-order chi connectivity index (χ0) is 20.7. The number of carbonyl (C=O) groups is 2. The summed E-state index contributed by atoms with van der Waals surface area (Å²) in [7, 11) is 4.26. The second-order valence-corrected chi connectivity index (χ2v) is 5.97. The van der Waals surface area contributed by atoms with Crippen LogP contribution in [0.2, 0.25) is 0 Å². The number of nitro benzene ring substituents is 1. The minimum atomic E-state index is -0.825. The van der Waals surface area contributed by atoms with E-state index < -0.39 is 22.7 Å². The number of benzene rings is 2. The number of aldehydes is 1. The van der Waals surface area contributed by atoms with Crippen LogP contribution in [-0.2, 0) is 14.3 Å². The summed E-state index contributed by atoms with van der Waals surface area (Å²) < 4.78 is 15.5. The van der Waals surface area contributed by atoms with Gasteiger partial charge in [-0.3, -0.25) is 14.9 Å². The molecule has 0 heterocycles. The van der Waals surface area contributed by atoms with Crippen molar-refractivity contribution in [1.82, 2.24) is 0 Å². The maximum absolute atomic E-state index is 12.6. The lowest BCUT2D eigenvalue weighted by molar-refractivity contribution is -0.384. The molecule has 8 nitrogen and oxygen atoms in total. The summed E-state index contributed by atoms with van der Waals surface area (Å²) in [6.45, 7) is 0. The number of carbonyl (C=O) groups excluding carboxylic acids is 2. The van der Waals surface area contributed by atoms with Crippen LogP contribution in [0.5, 0.6) is 11.5 Å². The quantitative estimate of drug-likeness (QED) is 0.281. The van der Waals surface area contributed by atoms with Gasteiger partial charge >= 0.3 is 5.97 Å². The Morgan fingerprint density at radius 3 is 2.14 bits per heavy atom. The highest BCUT2D eigenvalue weighted by molar-refractivity contribution is 5.80. The van der Waals surface area contributed by atoms with Gasteiger partial charge in [0, 0.05) is 24.5 Å². The van der Waals surface area contributed by atoms with Crippen molar-refractivity contribution in [3.05, 3.63) is 63.7 Å². The SMILES string of the molecule is COC(=O)[C@H](c1ccc([N+](=O)[O-])cc1)[C@H](CC=O)c1ccc(OC)c(OC)c1. The number of esters is 1. The van der Waals surface area contributed by atoms with Crippen LogP contribution in [0.25, 0.3) is 0 Å². The summed E-state index contributed by atoms with van der Waals surface area (Å²) in [4.78, 5) is 34.3. The fraction of sp³-hybridized carbons (Fsp3) is 0.300. The Balaban J connectivity index is 2.55. The first-order valence-electron chi connectivity index (χ1n) is 8.44. The lowest BCUT2D eigenvalue weighted by Crippen LogP contribution is -2.22. The molecule has 0 saturated heterocycles. The van der Waals surface area contributed by atoms with Gasteiger partial charge in [-0.15, -0.1) is 0 Å². The molecular formula is C20H21NO7. The highest BCUT2D eigenvalue weighted by Crippen LogP contribution is 2.40. The van der Waals surface area contributed by atoms with Crippen LogP contribution < -0.4 is 9.47 Å². The number of nitrogens with zero attached hydrogens (tertiary/aromatic N) is 1. The Kier molecular flexibility index (Phi) is 7.08. The van der Waals surface area contributed by atoms with E-state index in [-0.39, 0.29) is 12.1 Å². The molecule has 0 aromatic heterocycles. The van der Waals surface area contributed by atoms with Gasteiger partial charge in [-0.1, -0.05) is 18.2 Å². The Morgan fingerprint density at radius 2 is 1.64 bits per heavy atom. The zero-order valence-corrected chi connectivity index (χ0v) is 15.8. The lowest BCUT2D eigenvalue weighted by atomic mass is 9.79. The molecular weight excluding hydrogens is 366 g/mol. The van der Waals surface area contributed by atoms with E-state index in [2.05, 4.69) is 0 Å². The fourth-order valence-corrected chi connectivity index (χ4v) is 3.11. The first-order chi connectivity index (χ1) is 13.5. The van der Waals surface area contributed by atoms with E-state index in [1.165, 1.54) is 45.6 Å². The summed E-state index contributed by atoms with van der Waals surface area (Å²) >= 11 is 0. The van der Waals surface area contributed by atoms with Gasteiger partial charge in [0.2, 0.25) is 0 Å². The largest absolute Gasteiger partial charge is 0.493 e. The second-order valence-electron chi connectivity index (χ2n) is 5.97. The van der Waals surface area contributed by atoms with Gasteiger partial charge in [0.25, 0.3) is 5.69 Å². The highest BCUT2D eigenvalue weighted by atomic mass is 16.6. The van der Waals surface area contributed by atoms with Crippen molar-refractivity contribution in [3.8, 4) is 11.5 Å². The normalized spacial score (nSPS) is 12.5. The standard InChI is InChI=1S/C20H21NO7/c1-26-17-9-6-14(12-18(17)27-2)16(10-11-22)19(20(23)28-3)13-4-7-15(8-5-13)21(24)25/h4-9,11-12,16,19H,10H2,1-3H3/t16-,19-/m1/s1. The van der Waals surface area contributed by atoms with Crippen molar-refractivity contribution >= 4 is 17.9 Å². The molecule has 0 N–H and O–H groups in total. The van der Waals surface area contributed by atoms with Gasteiger partial charge in [0.1, 0.15) is 6.29 Å². The summed E-state index contributed by atoms with van der Waals surface area (Å²) in [5, 5.41) is 10.9. The lowest BCUT2D eigenvalue weighted by Gasteiger charge is -2.25. The topological polar surface area (TPSA) is 105 Å². The van der Waals surface area contributed by atoms with Crippen LogP contribution in [0.3, 0.4) is 0 Å². The van der Waals surface area contributed by atoms with E-state index in [4.69, 9.17) is 14.2 Å². The first kappa shape index (κ1) is 20.9. The third kappa shape index (κ3) is 4.46. The van der Waals surface area contributed by atoms with Crippen LogP contribution in [0.15, 0.2) is 42.5 Å². The van der Waals surface area contributed by atoms with Crippen molar-refractivity contribution in [2.75, 3.05) is 21.3 Å². The molecule has 0 bridgehead atoms. The third-order valence-electron chi connectivity index (χ3n) is 4.51. The number of non-ortho nitro benzene ring substituents is 1. The Bertz CT molecular complexity index is 848. The second kappa shape index (κ2) is 9.50. The zero-order valence-electron chi connectivity index (χ0n) is 15.8. The number of nitro groups is 1. The summed E-state index contributed by atoms with van der Waals surface area (Å²) in [5.41, 5.74) is 1.10. The van der Waals surface area contributed by atoms with Crippen molar-refractivity contribution < 1.29 is 28.7 Å². The average molecular weight is 387 g/mol. The minimum Gasteiger partial charge on any atom is -0.493 e. The molecule has 2 rings (SSSR count). The van der Waals surface area contributed by atoms with E-state index in [0.29, 0.717) is 22.6 Å². The van der Waals surface area contributed by atoms with E-state index in [0.717, 1.165) is 6.29 Å². The van der Waals surface area contributed by atoms with Crippen LogP contribution >= 0.6 is 0 Å². The number of rotatable bonds is 9. The molecule has 0 fully saturated rings. The molecule has 8 heteroatoms. The van der Waals surface area contributed by atoms with Crippen LogP contribution in [0.1, 0.15) is 29.4 Å². The molecule has 0 aliphatic rings. The number of ether oxygens (including phenoxy) is 3. The molecule has 148 valence electrons. The first-order valence-corrected chi connectivity index (χ1v) is 8.44. The Hall–Kier alpha value is -3.42. The monoisotopic (exact) mass is 387 g/mol. The number of hydrogen-bond acceptors (Lipinski definition) is 7. The molecule has 0 aliphatic heterocycles. The van der Waals surface area contributed by atoms with Gasteiger partial charge in [0.15, 0.2) is 11.5 Å². The van der Waals surface area contributed by atoms with Gasteiger partial charge in [-0.25, -0.2) is 0 Å². The van der Waals surface area contributed by atoms with E-state index in [1.54, 1.807) is 18.2 Å². The summed E-state index contributed by atoms with van der Waals surface area (Å²) in [6.07, 6.45) is 0.773. The molecule has 2 atom stereocenters. The van der Waals surface area contributed by atoms with Gasteiger partial charge < -0.3 is 19.0 Å². The maximum Gasteiger partial charge on any atom is 0.313 e.